The number of piperidine rings is 1. The maximum atomic E-state index is 12.5. The minimum absolute atomic E-state index is 0.176. The first-order chi connectivity index (χ1) is 16.0. The predicted molar refractivity (Wildman–Crippen MR) is 125 cm³/mol. The highest BCUT2D eigenvalue weighted by atomic mass is 16.4. The Hall–Kier alpha value is -2.69. The van der Waals surface area contributed by atoms with Crippen LogP contribution >= 0.6 is 0 Å². The second kappa shape index (κ2) is 15.3. The molecule has 5 N–H and O–H groups in total. The zero-order valence-electron chi connectivity index (χ0n) is 20.5. The van der Waals surface area contributed by atoms with Crippen LogP contribution in [-0.4, -0.2) is 83.0 Å². The molecule has 11 nitrogen and oxygen atoms in total. The molecule has 0 saturated carbocycles. The first-order valence-electron chi connectivity index (χ1n) is 12.1. The van der Waals surface area contributed by atoms with Gasteiger partial charge in [-0.3, -0.25) is 19.2 Å². The molecule has 0 aromatic carbocycles. The van der Waals surface area contributed by atoms with Gasteiger partial charge < -0.3 is 31.1 Å². The Bertz CT molecular complexity index is 707. The van der Waals surface area contributed by atoms with Crippen LogP contribution < -0.4 is 16.0 Å². The quantitative estimate of drug-likeness (QED) is 0.211. The maximum Gasteiger partial charge on any atom is 0.326 e. The average molecular weight is 485 g/mol. The van der Waals surface area contributed by atoms with Gasteiger partial charge in [-0.1, -0.05) is 20.3 Å². The summed E-state index contributed by atoms with van der Waals surface area (Å²) >= 11 is 0. The van der Waals surface area contributed by atoms with Crippen molar-refractivity contribution in [1.29, 1.82) is 0 Å². The number of hydrogen-bond acceptors (Lipinski definition) is 6. The van der Waals surface area contributed by atoms with Crippen molar-refractivity contribution in [3.63, 3.8) is 0 Å². The fourth-order valence-electron chi connectivity index (χ4n) is 3.98. The normalized spacial score (nSPS) is 17.5. The minimum Gasteiger partial charge on any atom is -0.481 e. The summed E-state index contributed by atoms with van der Waals surface area (Å²) in [5.41, 5.74) is 0. The van der Waals surface area contributed by atoms with Gasteiger partial charge in [-0.25, -0.2) is 4.79 Å². The van der Waals surface area contributed by atoms with Crippen LogP contribution in [-0.2, 0) is 24.0 Å². The maximum absolute atomic E-state index is 12.5. The van der Waals surface area contributed by atoms with Gasteiger partial charge in [0.05, 0.1) is 13.0 Å². The van der Waals surface area contributed by atoms with Crippen LogP contribution in [0.25, 0.3) is 0 Å². The predicted octanol–water partition coefficient (Wildman–Crippen LogP) is 0.580. The summed E-state index contributed by atoms with van der Waals surface area (Å²) in [5, 5.41) is 26.3. The Morgan fingerprint density at radius 1 is 1.09 bits per heavy atom. The first-order valence-corrected chi connectivity index (χ1v) is 12.1. The molecule has 34 heavy (non-hydrogen) atoms. The summed E-state index contributed by atoms with van der Waals surface area (Å²) in [5.74, 6) is -4.13. The third-order valence-electron chi connectivity index (χ3n) is 5.98. The lowest BCUT2D eigenvalue weighted by Gasteiger charge is -2.25. The van der Waals surface area contributed by atoms with E-state index in [1.807, 2.05) is 0 Å². The summed E-state index contributed by atoms with van der Waals surface area (Å²) in [6.07, 6.45) is 4.71. The molecule has 0 aromatic heterocycles. The Kier molecular flexibility index (Phi) is 13.2. The smallest absolute Gasteiger partial charge is 0.326 e. The molecule has 1 aliphatic heterocycles. The first kappa shape index (κ1) is 29.3. The van der Waals surface area contributed by atoms with Crippen molar-refractivity contribution >= 4 is 29.7 Å². The number of carboxylic acid groups (broad SMARTS) is 2. The summed E-state index contributed by atoms with van der Waals surface area (Å²) < 4.78 is 0. The molecule has 0 radical (unpaired) electrons. The molecule has 194 valence electrons. The van der Waals surface area contributed by atoms with E-state index in [2.05, 4.69) is 16.0 Å². The Morgan fingerprint density at radius 3 is 2.32 bits per heavy atom. The Labute approximate surface area is 201 Å². The second-order valence-electron chi connectivity index (χ2n) is 9.15. The number of nitrogens with zero attached hydrogens (tertiary/aromatic N) is 1. The van der Waals surface area contributed by atoms with E-state index in [1.54, 1.807) is 20.8 Å². The average Bonchev–Trinajstić information content (AvgIpc) is 2.77. The molecule has 0 aliphatic carbocycles. The van der Waals surface area contributed by atoms with Crippen molar-refractivity contribution in [1.82, 2.24) is 20.9 Å². The van der Waals surface area contributed by atoms with Gasteiger partial charge in [0, 0.05) is 13.0 Å². The standard InChI is InChI=1S/C23H40N4O7/c1-4-27(19(29)10-6-5-8-16-9-7-11-24-13-16)14-18(28)25-17(12-20(30)31)22(32)26-21(15(2)3)23(33)34/h15-17,21,24H,4-14H2,1-3H3,(H,25,28)(H,26,32)(H,30,31)(H,33,34)/t16?,17-,21-/m0/s1. The highest BCUT2D eigenvalue weighted by Crippen LogP contribution is 2.17. The highest BCUT2D eigenvalue weighted by Gasteiger charge is 2.30. The number of carboxylic acids is 2. The molecule has 11 heteroatoms. The van der Waals surface area contributed by atoms with E-state index in [0.717, 1.165) is 32.4 Å². The molecule has 0 spiro atoms. The zero-order chi connectivity index (χ0) is 25.7. The van der Waals surface area contributed by atoms with Crippen molar-refractivity contribution in [2.24, 2.45) is 11.8 Å². The van der Waals surface area contributed by atoms with Gasteiger partial charge in [-0.05, 0) is 57.5 Å². The number of carbonyl (C=O) groups excluding carboxylic acids is 3. The van der Waals surface area contributed by atoms with Gasteiger partial charge >= 0.3 is 11.9 Å². The van der Waals surface area contributed by atoms with E-state index >= 15 is 0 Å². The third-order valence-corrected chi connectivity index (χ3v) is 5.98. The van der Waals surface area contributed by atoms with Crippen LogP contribution in [0.5, 0.6) is 0 Å². The number of hydrogen-bond donors (Lipinski definition) is 5. The Balaban J connectivity index is 2.58. The van der Waals surface area contributed by atoms with E-state index in [0.29, 0.717) is 18.9 Å². The number of aliphatic carboxylic acids is 2. The van der Waals surface area contributed by atoms with Gasteiger partial charge in [-0.15, -0.1) is 0 Å². The number of likely N-dealkylation sites (N-methyl/N-ethyl adjacent to an activating group) is 1. The van der Waals surface area contributed by atoms with Crippen molar-refractivity contribution < 1.29 is 34.2 Å². The molecule has 1 heterocycles. The summed E-state index contributed by atoms with van der Waals surface area (Å²) in [6, 6.07) is -2.68. The fraction of sp³-hybridized carbons (Fsp3) is 0.783. The molecular formula is C23H40N4O7. The van der Waals surface area contributed by atoms with Crippen molar-refractivity contribution in [2.45, 2.75) is 77.8 Å². The lowest BCUT2D eigenvalue weighted by Crippen LogP contribution is -2.55. The molecule has 0 aromatic rings. The number of carbonyl (C=O) groups is 5. The molecule has 1 aliphatic rings. The minimum atomic E-state index is -1.46. The number of rotatable bonds is 15. The van der Waals surface area contributed by atoms with Crippen LogP contribution in [0, 0.1) is 11.8 Å². The molecule has 3 atom stereocenters. The largest absolute Gasteiger partial charge is 0.481 e. The third kappa shape index (κ3) is 11.0. The molecular weight excluding hydrogens is 444 g/mol. The van der Waals surface area contributed by atoms with Gasteiger partial charge in [-0.2, -0.15) is 0 Å². The summed E-state index contributed by atoms with van der Waals surface area (Å²) in [7, 11) is 0. The van der Waals surface area contributed by atoms with Gasteiger partial charge in [0.2, 0.25) is 17.7 Å². The molecule has 1 saturated heterocycles. The van der Waals surface area contributed by atoms with E-state index in [9.17, 15) is 29.1 Å². The SMILES string of the molecule is CCN(CC(=O)N[C@@H](CC(=O)O)C(=O)N[C@H](C(=O)O)C(C)C)C(=O)CCCCC1CCCNC1. The van der Waals surface area contributed by atoms with Crippen LogP contribution in [0.2, 0.25) is 0 Å². The Morgan fingerprint density at radius 2 is 1.79 bits per heavy atom. The number of unbranched alkanes of at least 4 members (excludes halogenated alkanes) is 1. The molecule has 1 unspecified atom stereocenters. The lowest BCUT2D eigenvalue weighted by molar-refractivity contribution is -0.144. The van der Waals surface area contributed by atoms with E-state index in [-0.39, 0.29) is 12.5 Å². The van der Waals surface area contributed by atoms with Gasteiger partial charge in [0.25, 0.3) is 0 Å². The zero-order valence-corrected chi connectivity index (χ0v) is 20.5. The van der Waals surface area contributed by atoms with E-state index in [4.69, 9.17) is 5.11 Å². The van der Waals surface area contributed by atoms with Gasteiger partial charge in [0.15, 0.2) is 0 Å². The van der Waals surface area contributed by atoms with Gasteiger partial charge in [0.1, 0.15) is 12.1 Å². The number of amides is 3. The molecule has 3 amide bonds. The van der Waals surface area contributed by atoms with E-state index in [1.165, 1.54) is 17.7 Å². The van der Waals surface area contributed by atoms with E-state index < -0.39 is 48.2 Å². The summed E-state index contributed by atoms with van der Waals surface area (Å²) in [6.45, 7) is 7.00. The number of nitrogens with one attached hydrogen (secondary N) is 3. The van der Waals surface area contributed by atoms with Crippen LogP contribution in [0.3, 0.4) is 0 Å². The van der Waals surface area contributed by atoms with Crippen LogP contribution in [0.15, 0.2) is 0 Å². The summed E-state index contributed by atoms with van der Waals surface area (Å²) in [4.78, 5) is 61.4. The molecule has 1 fully saturated rings. The lowest BCUT2D eigenvalue weighted by atomic mass is 9.93. The van der Waals surface area contributed by atoms with Crippen LogP contribution in [0.4, 0.5) is 0 Å². The monoisotopic (exact) mass is 484 g/mol. The van der Waals surface area contributed by atoms with Crippen molar-refractivity contribution in [2.75, 3.05) is 26.2 Å². The molecule has 0 bridgehead atoms. The van der Waals surface area contributed by atoms with Crippen molar-refractivity contribution in [3.05, 3.63) is 0 Å². The second-order valence-corrected chi connectivity index (χ2v) is 9.15. The highest BCUT2D eigenvalue weighted by molar-refractivity contribution is 5.94. The van der Waals surface area contributed by atoms with Crippen molar-refractivity contribution in [3.8, 4) is 0 Å². The topological polar surface area (TPSA) is 165 Å². The molecule has 1 rings (SSSR count). The fourth-order valence-corrected chi connectivity index (χ4v) is 3.98. The van der Waals surface area contributed by atoms with Crippen LogP contribution in [0.1, 0.15) is 65.7 Å².